The molecule has 4 amide bonds. The van der Waals surface area contributed by atoms with Crippen molar-refractivity contribution in [1.29, 1.82) is 0 Å². The van der Waals surface area contributed by atoms with Gasteiger partial charge in [0.25, 0.3) is 0 Å². The number of carbonyl (C=O) groups is 5. The molecule has 12 nitrogen and oxygen atoms in total. The first-order valence-corrected chi connectivity index (χ1v) is 17.4. The molecular formula is C41H44N6O6. The topological polar surface area (TPSA) is 196 Å². The average molecular weight is 717 g/mol. The first-order valence-electron chi connectivity index (χ1n) is 17.4. The van der Waals surface area contributed by atoms with Gasteiger partial charge in [0.15, 0.2) is 0 Å². The summed E-state index contributed by atoms with van der Waals surface area (Å²) >= 11 is 0. The van der Waals surface area contributed by atoms with Gasteiger partial charge in [-0.15, -0.1) is 0 Å². The summed E-state index contributed by atoms with van der Waals surface area (Å²) in [6.45, 7) is 1.49. The van der Waals surface area contributed by atoms with E-state index in [0.717, 1.165) is 33.2 Å². The van der Waals surface area contributed by atoms with Gasteiger partial charge < -0.3 is 37.1 Å². The van der Waals surface area contributed by atoms with E-state index in [1.54, 1.807) is 79.0 Å². The molecule has 53 heavy (non-hydrogen) atoms. The number of rotatable bonds is 17. The monoisotopic (exact) mass is 716 g/mol. The molecule has 1 heterocycles. The number of amides is 4. The SMILES string of the molecule is C[C@H](NC(=O)[C@@H](N)Cc1c[nH]c2ccccc12)C(=O)N[C@@H](Cc1ccccc1)C(=O)N[C@@H](Cc1ccccc1)C(=O)N[C@@H](Cc1ccccc1)C(=O)O. The quantitative estimate of drug-likeness (QED) is 0.0769. The fourth-order valence-electron chi connectivity index (χ4n) is 6.03. The Morgan fingerprint density at radius 3 is 1.51 bits per heavy atom. The Bertz CT molecular complexity index is 2000. The fraction of sp³-hybridized carbons (Fsp3) is 0.244. The Hall–Kier alpha value is -6.27. The first kappa shape index (κ1) is 38.0. The number of para-hydroxylation sites is 1. The Balaban J connectivity index is 1.29. The summed E-state index contributed by atoms with van der Waals surface area (Å²) in [5.41, 5.74) is 10.2. The van der Waals surface area contributed by atoms with Gasteiger partial charge in [-0.1, -0.05) is 109 Å². The second-order valence-corrected chi connectivity index (χ2v) is 13.0. The third kappa shape index (κ3) is 10.9. The van der Waals surface area contributed by atoms with Gasteiger partial charge in [-0.25, -0.2) is 4.79 Å². The summed E-state index contributed by atoms with van der Waals surface area (Å²) < 4.78 is 0. The molecule has 0 aliphatic carbocycles. The maximum Gasteiger partial charge on any atom is 0.326 e. The number of aromatic amines is 1. The van der Waals surface area contributed by atoms with Gasteiger partial charge in [0.1, 0.15) is 24.2 Å². The van der Waals surface area contributed by atoms with Gasteiger partial charge in [-0.2, -0.15) is 0 Å². The molecule has 8 N–H and O–H groups in total. The lowest BCUT2D eigenvalue weighted by molar-refractivity contribution is -0.142. The van der Waals surface area contributed by atoms with Crippen molar-refractivity contribution in [3.05, 3.63) is 144 Å². The van der Waals surface area contributed by atoms with Gasteiger partial charge in [0.2, 0.25) is 23.6 Å². The highest BCUT2D eigenvalue weighted by Crippen LogP contribution is 2.19. The van der Waals surface area contributed by atoms with Crippen LogP contribution in [-0.4, -0.2) is 69.9 Å². The van der Waals surface area contributed by atoms with Crippen LogP contribution in [0.2, 0.25) is 0 Å². The van der Waals surface area contributed by atoms with Crippen LogP contribution in [0.1, 0.15) is 29.2 Å². The number of nitrogens with two attached hydrogens (primary N) is 1. The van der Waals surface area contributed by atoms with Crippen molar-refractivity contribution in [3.8, 4) is 0 Å². The largest absolute Gasteiger partial charge is 0.480 e. The van der Waals surface area contributed by atoms with E-state index in [9.17, 15) is 29.1 Å². The number of carboxylic acid groups (broad SMARTS) is 1. The minimum absolute atomic E-state index is 0.0374. The van der Waals surface area contributed by atoms with Crippen LogP contribution in [0.4, 0.5) is 0 Å². The highest BCUT2D eigenvalue weighted by molar-refractivity contribution is 5.96. The Morgan fingerprint density at radius 1 is 0.566 bits per heavy atom. The maximum atomic E-state index is 14.0. The number of benzene rings is 4. The average Bonchev–Trinajstić information content (AvgIpc) is 3.57. The predicted molar refractivity (Wildman–Crippen MR) is 201 cm³/mol. The molecule has 4 aromatic carbocycles. The normalized spacial score (nSPS) is 13.8. The van der Waals surface area contributed by atoms with E-state index >= 15 is 0 Å². The molecule has 0 bridgehead atoms. The lowest BCUT2D eigenvalue weighted by Gasteiger charge is -2.26. The zero-order valence-corrected chi connectivity index (χ0v) is 29.3. The lowest BCUT2D eigenvalue weighted by Crippen LogP contribution is -2.59. The van der Waals surface area contributed by atoms with Gasteiger partial charge in [0.05, 0.1) is 6.04 Å². The van der Waals surface area contributed by atoms with Crippen LogP contribution >= 0.6 is 0 Å². The molecule has 0 saturated heterocycles. The molecule has 0 spiro atoms. The number of hydrogen-bond donors (Lipinski definition) is 7. The van der Waals surface area contributed by atoms with E-state index in [4.69, 9.17) is 5.73 Å². The third-order valence-corrected chi connectivity index (χ3v) is 8.93. The molecule has 0 fully saturated rings. The molecule has 0 aliphatic rings. The van der Waals surface area contributed by atoms with E-state index in [1.165, 1.54) is 6.92 Å². The maximum absolute atomic E-state index is 14.0. The molecule has 12 heteroatoms. The van der Waals surface area contributed by atoms with Crippen LogP contribution in [0, 0.1) is 0 Å². The summed E-state index contributed by atoms with van der Waals surface area (Å²) in [6.07, 6.45) is 2.21. The molecule has 5 atom stereocenters. The summed E-state index contributed by atoms with van der Waals surface area (Å²) in [5, 5.41) is 21.7. The number of carboxylic acids is 1. The Kier molecular flexibility index (Phi) is 13.1. The number of fused-ring (bicyclic) bond motifs is 1. The Labute approximate surface area is 307 Å². The molecule has 0 unspecified atom stereocenters. The van der Waals surface area contributed by atoms with Crippen LogP contribution in [-0.2, 0) is 49.7 Å². The second kappa shape index (κ2) is 18.3. The minimum atomic E-state index is -1.26. The highest BCUT2D eigenvalue weighted by Gasteiger charge is 2.31. The summed E-state index contributed by atoms with van der Waals surface area (Å²) in [5.74, 6) is -3.75. The van der Waals surface area contributed by atoms with E-state index in [-0.39, 0.29) is 25.7 Å². The molecule has 5 aromatic rings. The van der Waals surface area contributed by atoms with Crippen molar-refractivity contribution >= 4 is 40.5 Å². The van der Waals surface area contributed by atoms with Crippen LogP contribution in [0.3, 0.4) is 0 Å². The second-order valence-electron chi connectivity index (χ2n) is 13.0. The van der Waals surface area contributed by atoms with Crippen LogP contribution in [0.25, 0.3) is 10.9 Å². The van der Waals surface area contributed by atoms with Crippen molar-refractivity contribution in [2.24, 2.45) is 5.73 Å². The van der Waals surface area contributed by atoms with Crippen molar-refractivity contribution in [1.82, 2.24) is 26.3 Å². The smallest absolute Gasteiger partial charge is 0.326 e. The first-order chi connectivity index (χ1) is 25.6. The van der Waals surface area contributed by atoms with E-state index < -0.39 is 59.8 Å². The van der Waals surface area contributed by atoms with Crippen LogP contribution in [0.15, 0.2) is 121 Å². The minimum Gasteiger partial charge on any atom is -0.480 e. The van der Waals surface area contributed by atoms with E-state index in [1.807, 2.05) is 42.5 Å². The zero-order valence-electron chi connectivity index (χ0n) is 29.3. The molecular weight excluding hydrogens is 672 g/mol. The number of hydrogen-bond acceptors (Lipinski definition) is 6. The molecule has 1 aromatic heterocycles. The van der Waals surface area contributed by atoms with Crippen molar-refractivity contribution in [2.75, 3.05) is 0 Å². The molecule has 274 valence electrons. The fourth-order valence-corrected chi connectivity index (χ4v) is 6.03. The van der Waals surface area contributed by atoms with Crippen molar-refractivity contribution < 1.29 is 29.1 Å². The predicted octanol–water partition coefficient (Wildman–Crippen LogP) is 2.81. The third-order valence-electron chi connectivity index (χ3n) is 8.93. The van der Waals surface area contributed by atoms with E-state index in [2.05, 4.69) is 26.3 Å². The highest BCUT2D eigenvalue weighted by atomic mass is 16.4. The number of nitrogens with one attached hydrogen (secondary N) is 5. The zero-order chi connectivity index (χ0) is 37.7. The molecule has 0 saturated carbocycles. The molecule has 0 radical (unpaired) electrons. The molecule has 0 aliphatic heterocycles. The standard InChI is InChI=1S/C41H44N6O6/c1-26(44-38(49)32(42)24-30-25-43-33-20-12-11-19-31(30)33)37(48)45-34(21-27-13-5-2-6-14-27)39(50)46-35(22-28-15-7-3-8-16-28)40(51)47-36(41(52)53)23-29-17-9-4-10-18-29/h2-20,25-26,32,34-36,43H,21-24,42H2,1H3,(H,44,49)(H,45,48)(H,46,50)(H,47,51)(H,52,53)/t26-,32-,34-,35-,36-/m0/s1. The van der Waals surface area contributed by atoms with Gasteiger partial charge >= 0.3 is 5.97 Å². The van der Waals surface area contributed by atoms with E-state index in [0.29, 0.717) is 0 Å². The number of aliphatic carboxylic acids is 1. The summed E-state index contributed by atoms with van der Waals surface area (Å²) in [6, 6.07) is 29.0. The van der Waals surface area contributed by atoms with Crippen molar-refractivity contribution in [3.63, 3.8) is 0 Å². The summed E-state index contributed by atoms with van der Waals surface area (Å²) in [4.78, 5) is 69.7. The van der Waals surface area contributed by atoms with Crippen LogP contribution < -0.4 is 27.0 Å². The van der Waals surface area contributed by atoms with Gasteiger partial charge in [0, 0.05) is 36.4 Å². The van der Waals surface area contributed by atoms with Gasteiger partial charge in [-0.3, -0.25) is 19.2 Å². The number of aromatic nitrogens is 1. The van der Waals surface area contributed by atoms with Crippen LogP contribution in [0.5, 0.6) is 0 Å². The van der Waals surface area contributed by atoms with Crippen molar-refractivity contribution in [2.45, 2.75) is 62.8 Å². The van der Waals surface area contributed by atoms with Gasteiger partial charge in [-0.05, 0) is 41.7 Å². The lowest BCUT2D eigenvalue weighted by atomic mass is 10.0. The number of carbonyl (C=O) groups excluding carboxylic acids is 4. The Morgan fingerprint density at radius 2 is 1.00 bits per heavy atom. The summed E-state index contributed by atoms with van der Waals surface area (Å²) in [7, 11) is 0. The molecule has 5 rings (SSSR count). The number of H-pyrrole nitrogens is 1.